The van der Waals surface area contributed by atoms with Crippen molar-refractivity contribution in [3.8, 4) is 17.3 Å². The average molecular weight is 309 g/mol. The van der Waals surface area contributed by atoms with Gasteiger partial charge in [0.25, 0.3) is 0 Å². The molecule has 7 nitrogen and oxygen atoms in total. The van der Waals surface area contributed by atoms with E-state index in [-0.39, 0.29) is 11.3 Å². The standard InChI is InChI=1S/C13H13ClN4O3/c1-8(2)21-11-6-9(5-10(14)16-11)13-15-7-18(17-13)4-3-12(19)20/h3-8H,1-2H3,(H,19,20)/b4-3-. The second-order valence-corrected chi connectivity index (χ2v) is 4.77. The predicted octanol–water partition coefficient (Wildman–Crippen LogP) is 2.34. The Morgan fingerprint density at radius 1 is 1.48 bits per heavy atom. The summed E-state index contributed by atoms with van der Waals surface area (Å²) in [6.45, 7) is 3.76. The lowest BCUT2D eigenvalue weighted by molar-refractivity contribution is -0.131. The number of hydrogen-bond donors (Lipinski definition) is 1. The Morgan fingerprint density at radius 2 is 2.24 bits per heavy atom. The summed E-state index contributed by atoms with van der Waals surface area (Å²) in [6.07, 6.45) is 3.61. The van der Waals surface area contributed by atoms with Crippen LogP contribution in [0.2, 0.25) is 5.15 Å². The van der Waals surface area contributed by atoms with E-state index in [2.05, 4.69) is 15.1 Å². The number of aromatic nitrogens is 4. The number of pyridine rings is 1. The summed E-state index contributed by atoms with van der Waals surface area (Å²) in [5.74, 6) is -0.292. The Labute approximate surface area is 125 Å². The molecule has 8 heteroatoms. The van der Waals surface area contributed by atoms with E-state index in [1.807, 2.05) is 13.8 Å². The molecule has 0 unspecified atom stereocenters. The van der Waals surface area contributed by atoms with Crippen LogP contribution in [0.4, 0.5) is 0 Å². The SMILES string of the molecule is CC(C)Oc1cc(-c2ncn(/C=C\C(=O)O)n2)cc(Cl)n1. The Balaban J connectivity index is 2.29. The maximum atomic E-state index is 10.5. The Kier molecular flexibility index (Phi) is 4.54. The number of aliphatic carboxylic acids is 1. The van der Waals surface area contributed by atoms with E-state index >= 15 is 0 Å². The lowest BCUT2D eigenvalue weighted by Gasteiger charge is -2.09. The lowest BCUT2D eigenvalue weighted by atomic mass is 10.2. The first kappa shape index (κ1) is 15.0. The molecule has 0 aliphatic rings. The highest BCUT2D eigenvalue weighted by atomic mass is 35.5. The summed E-state index contributed by atoms with van der Waals surface area (Å²) in [6, 6.07) is 3.28. The Hall–Kier alpha value is -2.41. The van der Waals surface area contributed by atoms with E-state index in [9.17, 15) is 4.79 Å². The van der Waals surface area contributed by atoms with Crippen molar-refractivity contribution in [2.45, 2.75) is 20.0 Å². The van der Waals surface area contributed by atoms with Gasteiger partial charge in [-0.05, 0) is 19.9 Å². The summed E-state index contributed by atoms with van der Waals surface area (Å²) in [5, 5.41) is 13.0. The third-order valence-corrected chi connectivity index (χ3v) is 2.46. The van der Waals surface area contributed by atoms with Crippen LogP contribution in [0.3, 0.4) is 0 Å². The highest BCUT2D eigenvalue weighted by molar-refractivity contribution is 6.29. The summed E-state index contributed by atoms with van der Waals surface area (Å²) in [5.41, 5.74) is 0.633. The fourth-order valence-electron chi connectivity index (χ4n) is 1.52. The van der Waals surface area contributed by atoms with Crippen LogP contribution in [0.15, 0.2) is 24.5 Å². The largest absolute Gasteiger partial charge is 0.478 e. The molecule has 0 saturated carbocycles. The second-order valence-electron chi connectivity index (χ2n) is 4.39. The zero-order valence-electron chi connectivity index (χ0n) is 11.4. The van der Waals surface area contributed by atoms with Crippen molar-refractivity contribution >= 4 is 23.8 Å². The van der Waals surface area contributed by atoms with E-state index in [1.54, 1.807) is 12.1 Å². The van der Waals surface area contributed by atoms with Crippen LogP contribution in [0.25, 0.3) is 17.6 Å². The third-order valence-electron chi connectivity index (χ3n) is 2.26. The smallest absolute Gasteiger partial charge is 0.329 e. The van der Waals surface area contributed by atoms with E-state index in [4.69, 9.17) is 21.4 Å². The number of ether oxygens (including phenoxy) is 1. The van der Waals surface area contributed by atoms with Crippen molar-refractivity contribution in [3.63, 3.8) is 0 Å². The number of halogens is 1. The van der Waals surface area contributed by atoms with Gasteiger partial charge in [0, 0.05) is 23.9 Å². The zero-order valence-corrected chi connectivity index (χ0v) is 12.2. The van der Waals surface area contributed by atoms with Gasteiger partial charge in [0.05, 0.1) is 6.10 Å². The molecule has 1 N–H and O–H groups in total. The number of rotatable bonds is 5. The number of hydrogen-bond acceptors (Lipinski definition) is 5. The molecular weight excluding hydrogens is 296 g/mol. The minimum absolute atomic E-state index is 0.0344. The van der Waals surface area contributed by atoms with E-state index in [0.29, 0.717) is 17.3 Å². The number of nitrogens with zero attached hydrogens (tertiary/aromatic N) is 4. The van der Waals surface area contributed by atoms with E-state index < -0.39 is 5.97 Å². The highest BCUT2D eigenvalue weighted by Gasteiger charge is 2.09. The minimum Gasteiger partial charge on any atom is -0.478 e. The molecule has 2 rings (SSSR count). The molecule has 2 heterocycles. The first-order valence-electron chi connectivity index (χ1n) is 6.11. The molecular formula is C13H13ClN4O3. The molecule has 0 radical (unpaired) electrons. The van der Waals surface area contributed by atoms with Gasteiger partial charge < -0.3 is 9.84 Å². The van der Waals surface area contributed by atoms with Gasteiger partial charge in [-0.3, -0.25) is 0 Å². The molecule has 0 aliphatic carbocycles. The molecule has 2 aromatic rings. The second kappa shape index (κ2) is 6.36. The summed E-state index contributed by atoms with van der Waals surface area (Å²) in [7, 11) is 0. The molecule has 0 atom stereocenters. The Bertz CT molecular complexity index is 682. The van der Waals surface area contributed by atoms with Crippen LogP contribution in [-0.4, -0.2) is 36.9 Å². The quantitative estimate of drug-likeness (QED) is 0.673. The lowest BCUT2D eigenvalue weighted by Crippen LogP contribution is -2.07. The topological polar surface area (TPSA) is 90.1 Å². The van der Waals surface area contributed by atoms with Crippen molar-refractivity contribution in [1.29, 1.82) is 0 Å². The van der Waals surface area contributed by atoms with Crippen LogP contribution in [-0.2, 0) is 4.79 Å². The molecule has 0 spiro atoms. The maximum absolute atomic E-state index is 10.5. The molecule has 110 valence electrons. The molecule has 21 heavy (non-hydrogen) atoms. The first-order valence-corrected chi connectivity index (χ1v) is 6.48. The average Bonchev–Trinajstić information content (AvgIpc) is 2.83. The predicted molar refractivity (Wildman–Crippen MR) is 77.0 cm³/mol. The number of carboxylic acids is 1. The molecule has 0 aliphatic heterocycles. The molecule has 0 amide bonds. The Morgan fingerprint density at radius 3 is 2.90 bits per heavy atom. The van der Waals surface area contributed by atoms with Gasteiger partial charge in [0.1, 0.15) is 11.5 Å². The fourth-order valence-corrected chi connectivity index (χ4v) is 1.72. The third kappa shape index (κ3) is 4.28. The van der Waals surface area contributed by atoms with Gasteiger partial charge in [-0.2, -0.15) is 0 Å². The summed E-state index contributed by atoms with van der Waals surface area (Å²) in [4.78, 5) is 18.6. The number of carboxylic acid groups (broad SMARTS) is 1. The molecule has 0 fully saturated rings. The van der Waals surface area contributed by atoms with Gasteiger partial charge in [-0.15, -0.1) is 5.10 Å². The maximum Gasteiger partial charge on any atom is 0.329 e. The molecule has 0 saturated heterocycles. The van der Waals surface area contributed by atoms with Crippen LogP contribution >= 0.6 is 11.6 Å². The number of carbonyl (C=O) groups is 1. The van der Waals surface area contributed by atoms with Gasteiger partial charge >= 0.3 is 5.97 Å². The van der Waals surface area contributed by atoms with Crippen molar-refractivity contribution in [2.24, 2.45) is 0 Å². The summed E-state index contributed by atoms with van der Waals surface area (Å²) < 4.78 is 6.79. The molecule has 0 bridgehead atoms. The van der Waals surface area contributed by atoms with Crippen LogP contribution in [0.5, 0.6) is 5.88 Å². The van der Waals surface area contributed by atoms with Gasteiger partial charge in [-0.1, -0.05) is 11.6 Å². The van der Waals surface area contributed by atoms with Crippen molar-refractivity contribution < 1.29 is 14.6 Å². The zero-order chi connectivity index (χ0) is 15.4. The highest BCUT2D eigenvalue weighted by Crippen LogP contribution is 2.23. The van der Waals surface area contributed by atoms with Crippen LogP contribution in [0.1, 0.15) is 13.8 Å². The molecule has 2 aromatic heterocycles. The normalized spacial score (nSPS) is 11.2. The van der Waals surface area contributed by atoms with Crippen molar-refractivity contribution in [1.82, 2.24) is 19.7 Å². The van der Waals surface area contributed by atoms with Crippen LogP contribution < -0.4 is 4.74 Å². The van der Waals surface area contributed by atoms with Gasteiger partial charge in [0.15, 0.2) is 5.82 Å². The fraction of sp³-hybridized carbons (Fsp3) is 0.231. The summed E-state index contributed by atoms with van der Waals surface area (Å²) >= 11 is 5.95. The van der Waals surface area contributed by atoms with Crippen LogP contribution in [0, 0.1) is 0 Å². The van der Waals surface area contributed by atoms with Gasteiger partial charge in [0.2, 0.25) is 5.88 Å². The van der Waals surface area contributed by atoms with Gasteiger partial charge in [-0.25, -0.2) is 19.4 Å². The molecule has 0 aromatic carbocycles. The van der Waals surface area contributed by atoms with E-state index in [1.165, 1.54) is 17.2 Å². The monoisotopic (exact) mass is 308 g/mol. The first-order chi connectivity index (χ1) is 9.94. The van der Waals surface area contributed by atoms with Crippen molar-refractivity contribution in [3.05, 3.63) is 29.7 Å². The minimum atomic E-state index is -1.06. The van der Waals surface area contributed by atoms with Crippen molar-refractivity contribution in [2.75, 3.05) is 0 Å². The van der Waals surface area contributed by atoms with E-state index in [0.717, 1.165) is 6.08 Å².